The lowest BCUT2D eigenvalue weighted by molar-refractivity contribution is -0.114. The van der Waals surface area contributed by atoms with E-state index in [1.54, 1.807) is 18.5 Å². The van der Waals surface area contributed by atoms with Gasteiger partial charge in [0.15, 0.2) is 0 Å². The molecule has 0 radical (unpaired) electrons. The zero-order chi connectivity index (χ0) is 20.3. The maximum atomic E-state index is 13.5. The van der Waals surface area contributed by atoms with Crippen molar-refractivity contribution >= 4 is 23.2 Å². The van der Waals surface area contributed by atoms with E-state index in [0.717, 1.165) is 12.5 Å². The quantitative estimate of drug-likeness (QED) is 0.689. The number of pyridine rings is 2. The number of hydrogen-bond acceptors (Lipinski definition) is 6. The fraction of sp³-hybridized carbons (Fsp3) is 0.211. The molecule has 3 rings (SSSR count). The van der Waals surface area contributed by atoms with Crippen molar-refractivity contribution in [2.75, 3.05) is 10.6 Å². The number of halogens is 2. The predicted octanol–water partition coefficient (Wildman–Crippen LogP) is 4.06. The molecule has 0 unspecified atom stereocenters. The summed E-state index contributed by atoms with van der Waals surface area (Å²) in [6, 6.07) is 6.79. The zero-order valence-corrected chi connectivity index (χ0v) is 15.5. The molecule has 7 nitrogen and oxygen atoms in total. The van der Waals surface area contributed by atoms with Crippen molar-refractivity contribution in [3.8, 4) is 11.3 Å². The van der Waals surface area contributed by atoms with Gasteiger partial charge in [0.25, 0.3) is 0 Å². The number of aryl methyl sites for hydroxylation is 1. The molecule has 0 fully saturated rings. The lowest BCUT2D eigenvalue weighted by atomic mass is 10.1. The summed E-state index contributed by atoms with van der Waals surface area (Å²) >= 11 is 0. The number of amides is 1. The van der Waals surface area contributed by atoms with E-state index in [9.17, 15) is 13.6 Å². The number of nitrogens with zero attached hydrogens (tertiary/aromatic N) is 4. The van der Waals surface area contributed by atoms with E-state index >= 15 is 0 Å². The molecule has 0 aliphatic rings. The van der Waals surface area contributed by atoms with Gasteiger partial charge in [0.2, 0.25) is 11.7 Å². The van der Waals surface area contributed by atoms with Gasteiger partial charge >= 0.3 is 5.92 Å². The number of carbonyl (C=O) groups excluding carboxylic acids is 1. The molecule has 3 heterocycles. The largest absolute Gasteiger partial charge is 0.339 e. The summed E-state index contributed by atoms with van der Waals surface area (Å²) in [7, 11) is 0. The van der Waals surface area contributed by atoms with Gasteiger partial charge in [-0.25, -0.2) is 15.0 Å². The Morgan fingerprint density at radius 2 is 1.82 bits per heavy atom. The van der Waals surface area contributed by atoms with Gasteiger partial charge in [0.05, 0.1) is 11.4 Å². The first-order valence-corrected chi connectivity index (χ1v) is 8.41. The molecule has 0 saturated carbocycles. The van der Waals surface area contributed by atoms with Crippen molar-refractivity contribution in [3.63, 3.8) is 0 Å². The highest BCUT2D eigenvalue weighted by Gasteiger charge is 2.28. The number of rotatable bonds is 5. The highest BCUT2D eigenvalue weighted by atomic mass is 19.3. The standard InChI is InChI=1S/C19H18F2N6O/c1-11-4-6-22-14(8-11)13-10-24-17(25-12(2)28)9-15(13)26-16-5-7-23-18(27-16)19(3,20)21/h4-10H,1-3H3,(H2,23,24,25,26,27,28). The first-order chi connectivity index (χ1) is 13.2. The molecule has 3 aromatic rings. The highest BCUT2D eigenvalue weighted by molar-refractivity contribution is 5.89. The van der Waals surface area contributed by atoms with Crippen LogP contribution in [0.4, 0.5) is 26.1 Å². The molecule has 0 aliphatic carbocycles. The maximum Gasteiger partial charge on any atom is 0.303 e. The Labute approximate surface area is 160 Å². The molecule has 9 heteroatoms. The molecule has 3 aromatic heterocycles. The van der Waals surface area contributed by atoms with Crippen LogP contribution in [0.3, 0.4) is 0 Å². The van der Waals surface area contributed by atoms with Gasteiger partial charge in [-0.05, 0) is 30.7 Å². The average Bonchev–Trinajstić information content (AvgIpc) is 2.61. The van der Waals surface area contributed by atoms with E-state index in [-0.39, 0.29) is 11.7 Å². The summed E-state index contributed by atoms with van der Waals surface area (Å²) in [4.78, 5) is 27.4. The van der Waals surface area contributed by atoms with Crippen LogP contribution >= 0.6 is 0 Å². The van der Waals surface area contributed by atoms with Crippen molar-refractivity contribution in [3.05, 3.63) is 54.2 Å². The zero-order valence-electron chi connectivity index (χ0n) is 15.5. The maximum absolute atomic E-state index is 13.5. The first kappa shape index (κ1) is 19.3. The van der Waals surface area contributed by atoms with Crippen LogP contribution in [-0.2, 0) is 10.7 Å². The Bertz CT molecular complexity index is 1020. The topological polar surface area (TPSA) is 92.7 Å². The van der Waals surface area contributed by atoms with Crippen molar-refractivity contribution in [2.24, 2.45) is 0 Å². The molecule has 28 heavy (non-hydrogen) atoms. The second-order valence-electron chi connectivity index (χ2n) is 6.29. The van der Waals surface area contributed by atoms with Gasteiger partial charge in [-0.3, -0.25) is 9.78 Å². The van der Waals surface area contributed by atoms with Crippen LogP contribution < -0.4 is 10.6 Å². The van der Waals surface area contributed by atoms with Crippen LogP contribution in [0, 0.1) is 6.92 Å². The number of carbonyl (C=O) groups is 1. The highest BCUT2D eigenvalue weighted by Crippen LogP contribution is 2.31. The van der Waals surface area contributed by atoms with Crippen LogP contribution in [0.1, 0.15) is 25.2 Å². The van der Waals surface area contributed by atoms with Crippen LogP contribution in [-0.4, -0.2) is 25.8 Å². The van der Waals surface area contributed by atoms with E-state index in [4.69, 9.17) is 0 Å². The molecule has 0 atom stereocenters. The predicted molar refractivity (Wildman–Crippen MR) is 101 cm³/mol. The third-order valence-electron chi connectivity index (χ3n) is 3.71. The van der Waals surface area contributed by atoms with Crippen molar-refractivity contribution < 1.29 is 13.6 Å². The van der Waals surface area contributed by atoms with Crippen LogP contribution in [0.5, 0.6) is 0 Å². The van der Waals surface area contributed by atoms with E-state index in [2.05, 4.69) is 30.6 Å². The Morgan fingerprint density at radius 3 is 2.50 bits per heavy atom. The minimum atomic E-state index is -3.17. The molecular weight excluding hydrogens is 366 g/mol. The van der Waals surface area contributed by atoms with Gasteiger partial charge in [-0.15, -0.1) is 0 Å². The molecule has 0 saturated heterocycles. The second kappa shape index (κ2) is 7.63. The first-order valence-electron chi connectivity index (χ1n) is 8.41. The molecule has 0 spiro atoms. The Morgan fingerprint density at radius 1 is 1.07 bits per heavy atom. The van der Waals surface area contributed by atoms with E-state index < -0.39 is 11.7 Å². The SMILES string of the molecule is CC(=O)Nc1cc(Nc2ccnc(C(C)(F)F)n2)c(-c2cc(C)ccn2)cn1. The van der Waals surface area contributed by atoms with Crippen LogP contribution in [0.15, 0.2) is 42.9 Å². The number of nitrogens with one attached hydrogen (secondary N) is 2. The summed E-state index contributed by atoms with van der Waals surface area (Å²) < 4.78 is 27.1. The Kier molecular flexibility index (Phi) is 5.25. The second-order valence-corrected chi connectivity index (χ2v) is 6.29. The monoisotopic (exact) mass is 384 g/mol. The lowest BCUT2D eigenvalue weighted by Crippen LogP contribution is -2.13. The van der Waals surface area contributed by atoms with Crippen molar-refractivity contribution in [1.82, 2.24) is 19.9 Å². The smallest absolute Gasteiger partial charge is 0.303 e. The van der Waals surface area contributed by atoms with Gasteiger partial charge < -0.3 is 10.6 Å². The third kappa shape index (κ3) is 4.61. The Hall–Kier alpha value is -3.49. The van der Waals surface area contributed by atoms with Gasteiger partial charge in [-0.2, -0.15) is 8.78 Å². The van der Waals surface area contributed by atoms with Gasteiger partial charge in [0.1, 0.15) is 11.6 Å². The molecule has 0 aromatic carbocycles. The number of aromatic nitrogens is 4. The van der Waals surface area contributed by atoms with E-state index in [1.807, 2.05) is 19.1 Å². The molecular formula is C19H18F2N6O. The van der Waals surface area contributed by atoms with Crippen LogP contribution in [0.2, 0.25) is 0 Å². The molecule has 1 amide bonds. The number of anilines is 3. The fourth-order valence-corrected chi connectivity index (χ4v) is 2.47. The fourth-order valence-electron chi connectivity index (χ4n) is 2.47. The number of hydrogen-bond donors (Lipinski definition) is 2. The van der Waals surface area contributed by atoms with Gasteiger partial charge in [0, 0.05) is 44.1 Å². The summed E-state index contributed by atoms with van der Waals surface area (Å²) in [5.41, 5.74) is 2.76. The Balaban J connectivity index is 2.05. The number of alkyl halides is 2. The third-order valence-corrected chi connectivity index (χ3v) is 3.71. The van der Waals surface area contributed by atoms with Crippen molar-refractivity contribution in [2.45, 2.75) is 26.7 Å². The normalized spacial score (nSPS) is 11.2. The van der Waals surface area contributed by atoms with E-state index in [1.165, 1.54) is 19.2 Å². The van der Waals surface area contributed by atoms with Gasteiger partial charge in [-0.1, -0.05) is 0 Å². The summed E-state index contributed by atoms with van der Waals surface area (Å²) in [6.45, 7) is 4.03. The molecule has 144 valence electrons. The average molecular weight is 384 g/mol. The summed E-state index contributed by atoms with van der Waals surface area (Å²) in [5, 5.41) is 5.59. The summed E-state index contributed by atoms with van der Waals surface area (Å²) in [6.07, 6.45) is 4.46. The minimum Gasteiger partial charge on any atom is -0.339 e. The van der Waals surface area contributed by atoms with Crippen molar-refractivity contribution in [1.29, 1.82) is 0 Å². The molecule has 0 bridgehead atoms. The van der Waals surface area contributed by atoms with Crippen LogP contribution in [0.25, 0.3) is 11.3 Å². The summed E-state index contributed by atoms with van der Waals surface area (Å²) in [5.74, 6) is -3.56. The lowest BCUT2D eigenvalue weighted by Gasteiger charge is -2.14. The minimum absolute atomic E-state index is 0.181. The molecule has 0 aliphatic heterocycles. The van der Waals surface area contributed by atoms with E-state index in [0.29, 0.717) is 22.8 Å². The molecule has 2 N–H and O–H groups in total.